The quantitative estimate of drug-likeness (QED) is 0.158. The molecule has 0 unspecified atom stereocenters. The molecule has 0 aromatic heterocycles. The van der Waals surface area contributed by atoms with Crippen molar-refractivity contribution < 1.29 is 0 Å². The van der Waals surface area contributed by atoms with Gasteiger partial charge < -0.3 is 9.80 Å². The van der Waals surface area contributed by atoms with Crippen LogP contribution in [0.1, 0.15) is 0 Å². The molecule has 2 aliphatic heterocycles. The van der Waals surface area contributed by atoms with Gasteiger partial charge in [0.15, 0.2) is 0 Å². The summed E-state index contributed by atoms with van der Waals surface area (Å²) in [6.07, 6.45) is 0. The molecular weight excluding hydrogens is 687 g/mol. The van der Waals surface area contributed by atoms with Gasteiger partial charge in [-0.05, 0) is 97.8 Å². The van der Waals surface area contributed by atoms with E-state index in [1.807, 2.05) is 0 Å². The average molecular weight is 725 g/mol. The molecule has 0 amide bonds. The van der Waals surface area contributed by atoms with Crippen LogP contribution in [0.3, 0.4) is 0 Å². The molecule has 0 spiro atoms. The molecule has 2 nitrogen and oxygen atoms in total. The highest BCUT2D eigenvalue weighted by molar-refractivity contribution is 7.00. The van der Waals surface area contributed by atoms with E-state index in [2.05, 4.69) is 234 Å². The summed E-state index contributed by atoms with van der Waals surface area (Å²) in [6, 6.07) is 82.0. The standard InChI is InChI=1S/C54H37BN2/c1-5-16-38(17-6-1)41-28-32-45(33-29-41)56-50-26-15-27-51-54(50)55(47-34-30-43(36-52(47)56)39-18-7-2-8-19-39)48-35-31-44(40-20-9-3-10-21-40)37-53(48)57(51)49-25-14-13-24-46(49)42-22-11-4-12-23-42/h1-37H. The molecule has 9 aromatic carbocycles. The highest BCUT2D eigenvalue weighted by Crippen LogP contribution is 2.47. The van der Waals surface area contributed by atoms with Crippen molar-refractivity contribution in [2.75, 3.05) is 9.80 Å². The predicted molar refractivity (Wildman–Crippen MR) is 242 cm³/mol. The fourth-order valence-electron chi connectivity index (χ4n) is 9.05. The monoisotopic (exact) mass is 724 g/mol. The largest absolute Gasteiger partial charge is 0.311 e. The van der Waals surface area contributed by atoms with Crippen molar-refractivity contribution in [2.24, 2.45) is 0 Å². The van der Waals surface area contributed by atoms with Crippen molar-refractivity contribution in [3.63, 3.8) is 0 Å². The first-order valence-corrected chi connectivity index (χ1v) is 19.7. The van der Waals surface area contributed by atoms with Gasteiger partial charge in [-0.25, -0.2) is 0 Å². The van der Waals surface area contributed by atoms with Crippen LogP contribution in [0.15, 0.2) is 224 Å². The summed E-state index contributed by atoms with van der Waals surface area (Å²) in [5.74, 6) is 0. The maximum absolute atomic E-state index is 2.53. The molecule has 0 bridgehead atoms. The lowest BCUT2D eigenvalue weighted by atomic mass is 9.33. The van der Waals surface area contributed by atoms with E-state index < -0.39 is 0 Å². The molecule has 0 atom stereocenters. The average Bonchev–Trinajstić information content (AvgIpc) is 3.30. The number of para-hydroxylation sites is 1. The molecule has 0 fully saturated rings. The van der Waals surface area contributed by atoms with Crippen LogP contribution in [0.2, 0.25) is 0 Å². The van der Waals surface area contributed by atoms with E-state index >= 15 is 0 Å². The molecule has 9 aromatic rings. The zero-order chi connectivity index (χ0) is 37.7. The first kappa shape index (κ1) is 33.0. The van der Waals surface area contributed by atoms with Crippen molar-refractivity contribution in [3.05, 3.63) is 224 Å². The van der Waals surface area contributed by atoms with Crippen molar-refractivity contribution in [2.45, 2.75) is 0 Å². The van der Waals surface area contributed by atoms with Gasteiger partial charge in [-0.15, -0.1) is 0 Å². The maximum Gasteiger partial charge on any atom is 0.252 e. The van der Waals surface area contributed by atoms with Crippen LogP contribution in [0, 0.1) is 0 Å². The van der Waals surface area contributed by atoms with Gasteiger partial charge in [0.05, 0.1) is 5.69 Å². The Labute approximate surface area is 334 Å². The van der Waals surface area contributed by atoms with Crippen molar-refractivity contribution in [1.29, 1.82) is 0 Å². The molecule has 0 saturated heterocycles. The predicted octanol–water partition coefficient (Wildman–Crippen LogP) is 12.4. The van der Waals surface area contributed by atoms with E-state index in [-0.39, 0.29) is 6.71 Å². The zero-order valence-corrected chi connectivity index (χ0v) is 31.3. The normalized spacial score (nSPS) is 12.5. The molecule has 3 heteroatoms. The van der Waals surface area contributed by atoms with E-state index in [0.717, 1.165) is 11.4 Å². The van der Waals surface area contributed by atoms with Crippen molar-refractivity contribution >= 4 is 57.2 Å². The van der Waals surface area contributed by atoms with Crippen LogP contribution in [0.25, 0.3) is 44.5 Å². The van der Waals surface area contributed by atoms with Gasteiger partial charge in [0, 0.05) is 34.0 Å². The van der Waals surface area contributed by atoms with E-state index in [1.165, 1.54) is 83.6 Å². The Hall–Kier alpha value is -7.36. The second-order valence-corrected chi connectivity index (χ2v) is 14.9. The minimum Gasteiger partial charge on any atom is -0.311 e. The van der Waals surface area contributed by atoms with E-state index in [0.29, 0.717) is 0 Å². The number of hydrogen-bond acceptors (Lipinski definition) is 2. The fraction of sp³-hybridized carbons (Fsp3) is 0. The lowest BCUT2D eigenvalue weighted by molar-refractivity contribution is 1.25. The van der Waals surface area contributed by atoms with Crippen LogP contribution in [-0.4, -0.2) is 6.71 Å². The van der Waals surface area contributed by atoms with Crippen LogP contribution >= 0.6 is 0 Å². The Balaban J connectivity index is 1.18. The molecule has 2 aliphatic rings. The summed E-state index contributed by atoms with van der Waals surface area (Å²) >= 11 is 0. The van der Waals surface area contributed by atoms with Gasteiger partial charge in [0.1, 0.15) is 0 Å². The zero-order valence-electron chi connectivity index (χ0n) is 31.3. The van der Waals surface area contributed by atoms with Crippen LogP contribution in [-0.2, 0) is 0 Å². The topological polar surface area (TPSA) is 6.48 Å². The smallest absolute Gasteiger partial charge is 0.252 e. The van der Waals surface area contributed by atoms with Gasteiger partial charge in [0.25, 0.3) is 6.71 Å². The summed E-state index contributed by atoms with van der Waals surface area (Å²) < 4.78 is 0. The Kier molecular flexibility index (Phi) is 7.96. The summed E-state index contributed by atoms with van der Waals surface area (Å²) in [5, 5.41) is 0. The lowest BCUT2D eigenvalue weighted by Gasteiger charge is -2.44. The number of fused-ring (bicyclic) bond motifs is 4. The SMILES string of the molecule is c1ccc(-c2ccc(N3c4cc(-c5ccccc5)ccc4B4c5ccc(-c6ccccc6)cc5N(c5ccccc5-c5ccccc5)c5cccc3c54)cc2)cc1. The molecule has 0 N–H and O–H groups in total. The third-order valence-corrected chi connectivity index (χ3v) is 11.7. The van der Waals surface area contributed by atoms with Crippen LogP contribution < -0.4 is 26.2 Å². The Morgan fingerprint density at radius 2 is 0.667 bits per heavy atom. The van der Waals surface area contributed by atoms with Crippen molar-refractivity contribution in [3.8, 4) is 44.5 Å². The van der Waals surface area contributed by atoms with Crippen molar-refractivity contribution in [1.82, 2.24) is 0 Å². The highest BCUT2D eigenvalue weighted by atomic mass is 15.2. The number of benzene rings is 9. The van der Waals surface area contributed by atoms with Gasteiger partial charge in [-0.3, -0.25) is 0 Å². The van der Waals surface area contributed by atoms with E-state index in [4.69, 9.17) is 0 Å². The minimum absolute atomic E-state index is 0.0239. The summed E-state index contributed by atoms with van der Waals surface area (Å²) in [5.41, 5.74) is 20.6. The highest BCUT2D eigenvalue weighted by Gasteiger charge is 2.43. The maximum atomic E-state index is 2.53. The third-order valence-electron chi connectivity index (χ3n) is 11.7. The van der Waals surface area contributed by atoms with E-state index in [1.54, 1.807) is 0 Å². The second-order valence-electron chi connectivity index (χ2n) is 14.9. The van der Waals surface area contributed by atoms with Crippen LogP contribution in [0.4, 0.5) is 34.1 Å². The minimum atomic E-state index is 0.0239. The first-order chi connectivity index (χ1) is 28.3. The molecule has 0 radical (unpaired) electrons. The first-order valence-electron chi connectivity index (χ1n) is 19.7. The Morgan fingerprint density at radius 1 is 0.263 bits per heavy atom. The third kappa shape index (κ3) is 5.59. The van der Waals surface area contributed by atoms with Gasteiger partial charge in [-0.2, -0.15) is 0 Å². The van der Waals surface area contributed by atoms with Gasteiger partial charge >= 0.3 is 0 Å². The number of rotatable bonds is 6. The summed E-state index contributed by atoms with van der Waals surface area (Å²) in [4.78, 5) is 5.02. The van der Waals surface area contributed by atoms with Gasteiger partial charge in [-0.1, -0.05) is 182 Å². The Bertz CT molecular complexity index is 2890. The van der Waals surface area contributed by atoms with E-state index in [9.17, 15) is 0 Å². The molecule has 2 heterocycles. The molecule has 0 saturated carbocycles. The number of nitrogens with zero attached hydrogens (tertiary/aromatic N) is 2. The molecular formula is C54H37BN2. The molecule has 266 valence electrons. The van der Waals surface area contributed by atoms with Crippen LogP contribution in [0.5, 0.6) is 0 Å². The number of anilines is 6. The Morgan fingerprint density at radius 3 is 1.23 bits per heavy atom. The van der Waals surface area contributed by atoms with Gasteiger partial charge in [0.2, 0.25) is 0 Å². The second kappa shape index (κ2) is 13.7. The fourth-order valence-corrected chi connectivity index (χ4v) is 9.05. The summed E-state index contributed by atoms with van der Waals surface area (Å²) in [6.45, 7) is 0.0239. The number of hydrogen-bond donors (Lipinski definition) is 0. The summed E-state index contributed by atoms with van der Waals surface area (Å²) in [7, 11) is 0. The lowest BCUT2D eigenvalue weighted by Crippen LogP contribution is -2.61. The molecule has 57 heavy (non-hydrogen) atoms. The molecule has 11 rings (SSSR count). The molecule has 0 aliphatic carbocycles.